The fraction of sp³-hybridized carbons (Fsp3) is 0.417. The second-order valence-corrected chi connectivity index (χ2v) is 6.35. The van der Waals surface area contributed by atoms with Gasteiger partial charge in [0, 0.05) is 20.5 Å². The first-order chi connectivity index (χ1) is 9.32. The number of carbonyl (C=O) groups is 1. The van der Waals surface area contributed by atoms with E-state index >= 15 is 0 Å². The van der Waals surface area contributed by atoms with Gasteiger partial charge in [-0.2, -0.15) is 13.2 Å². The molecule has 1 aliphatic heterocycles. The maximum atomic E-state index is 12.7. The van der Waals surface area contributed by atoms with E-state index in [1.165, 1.54) is 12.1 Å². The van der Waals surface area contributed by atoms with E-state index in [-0.39, 0.29) is 53.2 Å². The zero-order chi connectivity index (χ0) is 14.5. The first-order valence-electron chi connectivity index (χ1n) is 5.72. The predicted molar refractivity (Wildman–Crippen MR) is 68.6 cm³/mol. The van der Waals surface area contributed by atoms with Crippen molar-refractivity contribution >= 4 is 33.5 Å². The molecular formula is C12H8BrF3O3S. The Balaban J connectivity index is 2.18. The van der Waals surface area contributed by atoms with Gasteiger partial charge in [0.15, 0.2) is 5.78 Å². The van der Waals surface area contributed by atoms with Crippen LogP contribution in [0.4, 0.5) is 13.2 Å². The smallest absolute Gasteiger partial charge is 0.343 e. The minimum atomic E-state index is -4.44. The van der Waals surface area contributed by atoms with Crippen LogP contribution in [0.15, 0.2) is 21.5 Å². The van der Waals surface area contributed by atoms with Gasteiger partial charge in [-0.05, 0) is 23.9 Å². The topological polar surface area (TPSA) is 35.5 Å². The molecule has 0 aromatic heterocycles. The van der Waals surface area contributed by atoms with Crippen molar-refractivity contribution in [1.29, 1.82) is 0 Å². The van der Waals surface area contributed by atoms with Crippen molar-refractivity contribution in [2.45, 2.75) is 22.6 Å². The second kappa shape index (κ2) is 4.72. The minimum absolute atomic E-state index is 0.0524. The molecule has 0 radical (unpaired) electrons. The molecular weight excluding hydrogens is 361 g/mol. The SMILES string of the molecule is O=C1CC2(OCCO2)c2c(SC(F)(F)F)ccc(Br)c21. The van der Waals surface area contributed by atoms with Crippen LogP contribution in [0.1, 0.15) is 22.3 Å². The van der Waals surface area contributed by atoms with Crippen LogP contribution in [-0.2, 0) is 15.3 Å². The average molecular weight is 369 g/mol. The molecule has 20 heavy (non-hydrogen) atoms. The molecule has 2 aliphatic rings. The number of ketones is 1. The van der Waals surface area contributed by atoms with Gasteiger partial charge >= 0.3 is 5.51 Å². The lowest BCUT2D eigenvalue weighted by atomic mass is 10.1. The van der Waals surface area contributed by atoms with Gasteiger partial charge in [-0.15, -0.1) is 0 Å². The molecule has 3 nitrogen and oxygen atoms in total. The van der Waals surface area contributed by atoms with Crippen molar-refractivity contribution in [3.63, 3.8) is 0 Å². The van der Waals surface area contributed by atoms with Crippen LogP contribution >= 0.6 is 27.7 Å². The van der Waals surface area contributed by atoms with E-state index in [1.54, 1.807) is 0 Å². The van der Waals surface area contributed by atoms with Gasteiger partial charge < -0.3 is 9.47 Å². The fourth-order valence-electron chi connectivity index (χ4n) is 2.51. The highest BCUT2D eigenvalue weighted by molar-refractivity contribution is 9.10. The molecule has 1 aromatic carbocycles. The summed E-state index contributed by atoms with van der Waals surface area (Å²) in [6, 6.07) is 2.77. The average Bonchev–Trinajstić information content (AvgIpc) is 2.89. The van der Waals surface area contributed by atoms with Crippen LogP contribution in [-0.4, -0.2) is 24.5 Å². The van der Waals surface area contributed by atoms with Crippen molar-refractivity contribution in [2.75, 3.05) is 13.2 Å². The quantitative estimate of drug-likeness (QED) is 0.705. The Kier molecular flexibility index (Phi) is 3.39. The van der Waals surface area contributed by atoms with Crippen LogP contribution in [0.3, 0.4) is 0 Å². The summed E-state index contributed by atoms with van der Waals surface area (Å²) < 4.78 is 49.4. The standard InChI is InChI=1S/C12H8BrF3O3S/c13-6-1-2-8(20-12(14,15)16)10-9(6)7(17)5-11(10)18-3-4-19-11/h1-2H,3-5H2. The number of Topliss-reactive ketones (excluding diaryl/α,β-unsaturated/α-hetero) is 1. The van der Waals surface area contributed by atoms with E-state index in [0.29, 0.717) is 4.47 Å². The van der Waals surface area contributed by atoms with E-state index < -0.39 is 11.3 Å². The van der Waals surface area contributed by atoms with Gasteiger partial charge in [0.25, 0.3) is 0 Å². The molecule has 3 rings (SSSR count). The third kappa shape index (κ3) is 2.28. The van der Waals surface area contributed by atoms with E-state index in [1.807, 2.05) is 0 Å². The molecule has 1 spiro atoms. The molecule has 0 unspecified atom stereocenters. The molecule has 1 fully saturated rings. The summed E-state index contributed by atoms with van der Waals surface area (Å²) in [6.07, 6.45) is -0.0869. The Hall–Kier alpha value is -0.570. The largest absolute Gasteiger partial charge is 0.446 e. The van der Waals surface area contributed by atoms with E-state index in [0.717, 1.165) is 0 Å². The molecule has 0 atom stereocenters. The van der Waals surface area contributed by atoms with Crippen molar-refractivity contribution < 1.29 is 27.4 Å². The lowest BCUT2D eigenvalue weighted by molar-refractivity contribution is -0.159. The minimum Gasteiger partial charge on any atom is -0.343 e. The first-order valence-corrected chi connectivity index (χ1v) is 7.33. The highest BCUT2D eigenvalue weighted by Gasteiger charge is 2.51. The van der Waals surface area contributed by atoms with E-state index in [4.69, 9.17) is 9.47 Å². The summed E-state index contributed by atoms with van der Waals surface area (Å²) in [7, 11) is 0. The predicted octanol–water partition coefficient (Wildman–Crippen LogP) is 3.85. The highest BCUT2D eigenvalue weighted by Crippen LogP contribution is 2.52. The van der Waals surface area contributed by atoms with Crippen molar-refractivity contribution in [3.05, 3.63) is 27.7 Å². The van der Waals surface area contributed by atoms with Gasteiger partial charge in [0.2, 0.25) is 5.79 Å². The Labute approximate surface area is 124 Å². The number of hydrogen-bond acceptors (Lipinski definition) is 4. The number of ether oxygens (including phenoxy) is 2. The molecule has 0 amide bonds. The number of thioether (sulfide) groups is 1. The summed E-state index contributed by atoms with van der Waals surface area (Å²) in [6.45, 7) is 0.519. The number of alkyl halides is 3. The maximum absolute atomic E-state index is 12.7. The number of hydrogen-bond donors (Lipinski definition) is 0. The summed E-state index contributed by atoms with van der Waals surface area (Å²) in [4.78, 5) is 12.0. The molecule has 0 N–H and O–H groups in total. The molecule has 108 valence electrons. The third-order valence-electron chi connectivity index (χ3n) is 3.15. The molecule has 1 saturated heterocycles. The normalized spacial score (nSPS) is 20.7. The van der Waals surface area contributed by atoms with Crippen molar-refractivity contribution in [1.82, 2.24) is 0 Å². The number of rotatable bonds is 1. The van der Waals surface area contributed by atoms with Gasteiger partial charge in [-0.3, -0.25) is 4.79 Å². The zero-order valence-corrected chi connectivity index (χ0v) is 12.3. The lowest BCUT2D eigenvalue weighted by Gasteiger charge is -2.24. The Bertz CT molecular complexity index is 582. The number of benzene rings is 1. The lowest BCUT2D eigenvalue weighted by Crippen LogP contribution is -2.25. The Morgan fingerprint density at radius 1 is 1.25 bits per heavy atom. The zero-order valence-electron chi connectivity index (χ0n) is 9.92. The van der Waals surface area contributed by atoms with Crippen molar-refractivity contribution in [3.8, 4) is 0 Å². The van der Waals surface area contributed by atoms with Gasteiger partial charge in [0.1, 0.15) is 0 Å². The summed E-state index contributed by atoms with van der Waals surface area (Å²) in [5.41, 5.74) is -4.02. The van der Waals surface area contributed by atoms with Crippen LogP contribution < -0.4 is 0 Å². The number of carbonyl (C=O) groups excluding carboxylic acids is 1. The number of fused-ring (bicyclic) bond motifs is 2. The van der Waals surface area contributed by atoms with Crippen LogP contribution in [0.2, 0.25) is 0 Å². The maximum Gasteiger partial charge on any atom is 0.446 e. The van der Waals surface area contributed by atoms with Crippen molar-refractivity contribution in [2.24, 2.45) is 0 Å². The molecule has 1 aromatic rings. The molecule has 1 heterocycles. The van der Waals surface area contributed by atoms with Crippen LogP contribution in [0.25, 0.3) is 0 Å². The van der Waals surface area contributed by atoms with Gasteiger partial charge in [-0.1, -0.05) is 15.9 Å². The van der Waals surface area contributed by atoms with Gasteiger partial charge in [0.05, 0.1) is 19.6 Å². The Morgan fingerprint density at radius 3 is 2.50 bits per heavy atom. The van der Waals surface area contributed by atoms with E-state index in [2.05, 4.69) is 15.9 Å². The highest BCUT2D eigenvalue weighted by atomic mass is 79.9. The fourth-order valence-corrected chi connectivity index (χ4v) is 3.80. The summed E-state index contributed by atoms with van der Waals surface area (Å²) >= 11 is 2.95. The van der Waals surface area contributed by atoms with Crippen LogP contribution in [0, 0.1) is 0 Å². The second-order valence-electron chi connectivity index (χ2n) is 4.39. The van der Waals surface area contributed by atoms with Gasteiger partial charge in [-0.25, -0.2) is 0 Å². The van der Waals surface area contributed by atoms with Crippen LogP contribution in [0.5, 0.6) is 0 Å². The number of halogens is 4. The molecule has 1 aliphatic carbocycles. The van der Waals surface area contributed by atoms with E-state index in [9.17, 15) is 18.0 Å². The summed E-state index contributed by atoms with van der Waals surface area (Å²) in [5, 5.41) is 0. The molecule has 0 bridgehead atoms. The first kappa shape index (κ1) is 14.4. The summed E-state index contributed by atoms with van der Waals surface area (Å²) in [5.74, 6) is -1.64. The Morgan fingerprint density at radius 2 is 1.90 bits per heavy atom. The molecule has 0 saturated carbocycles. The third-order valence-corrected chi connectivity index (χ3v) is 4.60. The monoisotopic (exact) mass is 368 g/mol. The molecule has 8 heteroatoms.